The zero-order valence-corrected chi connectivity index (χ0v) is 20.4. The highest BCUT2D eigenvalue weighted by Crippen LogP contribution is 2.30. The molecule has 1 saturated heterocycles. The Labute approximate surface area is 211 Å². The van der Waals surface area contributed by atoms with Crippen LogP contribution in [0, 0.1) is 0 Å². The zero-order valence-electron chi connectivity index (χ0n) is 18.8. The number of anilines is 2. The Balaban J connectivity index is 1.20. The molecule has 35 heavy (non-hydrogen) atoms. The molecule has 8 nitrogen and oxygen atoms in total. The summed E-state index contributed by atoms with van der Waals surface area (Å²) in [7, 11) is 0. The normalized spacial score (nSPS) is 13.7. The van der Waals surface area contributed by atoms with Gasteiger partial charge in [0.15, 0.2) is 0 Å². The topological polar surface area (TPSA) is 99.4 Å². The molecule has 0 unspecified atom stereocenters. The van der Waals surface area contributed by atoms with Gasteiger partial charge < -0.3 is 20.3 Å². The van der Waals surface area contributed by atoms with Gasteiger partial charge in [0, 0.05) is 40.8 Å². The van der Waals surface area contributed by atoms with E-state index < -0.39 is 0 Å². The van der Waals surface area contributed by atoms with E-state index in [4.69, 9.17) is 16.3 Å². The number of morpholine rings is 1. The van der Waals surface area contributed by atoms with Crippen molar-refractivity contribution in [1.82, 2.24) is 15.5 Å². The summed E-state index contributed by atoms with van der Waals surface area (Å²) in [6, 6.07) is 16.8. The van der Waals surface area contributed by atoms with Crippen molar-refractivity contribution in [2.75, 3.05) is 36.5 Å². The second-order valence-electron chi connectivity index (χ2n) is 8.21. The number of hydrogen-bond donors (Lipinski definition) is 3. The minimum absolute atomic E-state index is 0.0937. The van der Waals surface area contributed by atoms with Crippen LogP contribution in [0.2, 0.25) is 5.02 Å². The van der Waals surface area contributed by atoms with Crippen LogP contribution in [0.3, 0.4) is 0 Å². The molecule has 1 aliphatic heterocycles. The van der Waals surface area contributed by atoms with E-state index in [9.17, 15) is 9.59 Å². The van der Waals surface area contributed by atoms with E-state index in [-0.39, 0.29) is 18.2 Å². The highest BCUT2D eigenvalue weighted by molar-refractivity contribution is 7.18. The Hall–Kier alpha value is -3.40. The number of benzene rings is 2. The Kier molecular flexibility index (Phi) is 6.98. The first-order valence-corrected chi connectivity index (χ1v) is 12.5. The average Bonchev–Trinajstić information content (AvgIpc) is 3.44. The highest BCUT2D eigenvalue weighted by atomic mass is 35.5. The summed E-state index contributed by atoms with van der Waals surface area (Å²) in [5.74, 6) is 0.198. The van der Waals surface area contributed by atoms with Gasteiger partial charge in [0.1, 0.15) is 10.6 Å². The molecule has 0 spiro atoms. The van der Waals surface area contributed by atoms with Crippen molar-refractivity contribution >= 4 is 56.5 Å². The summed E-state index contributed by atoms with van der Waals surface area (Å²) in [4.78, 5) is 29.1. The lowest BCUT2D eigenvalue weighted by Crippen LogP contribution is -2.36. The molecule has 2 aromatic carbocycles. The third-order valence-electron chi connectivity index (χ3n) is 5.76. The Morgan fingerprint density at radius 3 is 2.69 bits per heavy atom. The molecule has 0 radical (unpaired) electrons. The molecule has 2 amide bonds. The molecular weight excluding hydrogens is 486 g/mol. The summed E-state index contributed by atoms with van der Waals surface area (Å²) in [5, 5.41) is 14.4. The van der Waals surface area contributed by atoms with Crippen molar-refractivity contribution in [3.63, 3.8) is 0 Å². The maximum absolute atomic E-state index is 12.8. The van der Waals surface area contributed by atoms with Gasteiger partial charge in [-0.1, -0.05) is 23.7 Å². The summed E-state index contributed by atoms with van der Waals surface area (Å²) >= 11 is 7.41. The maximum atomic E-state index is 12.8. The van der Waals surface area contributed by atoms with Crippen molar-refractivity contribution in [1.29, 1.82) is 0 Å². The highest BCUT2D eigenvalue weighted by Gasteiger charge is 2.16. The number of thiophene rings is 1. The van der Waals surface area contributed by atoms with Crippen LogP contribution in [-0.2, 0) is 22.5 Å². The fourth-order valence-electron chi connectivity index (χ4n) is 3.94. The number of aromatic nitrogens is 2. The van der Waals surface area contributed by atoms with Gasteiger partial charge in [-0.25, -0.2) is 0 Å². The second kappa shape index (κ2) is 10.5. The van der Waals surface area contributed by atoms with Crippen molar-refractivity contribution in [3.05, 3.63) is 75.6 Å². The summed E-state index contributed by atoms with van der Waals surface area (Å²) in [6.07, 6.45) is 0.234. The number of aromatic amines is 1. The first-order valence-electron chi connectivity index (χ1n) is 11.3. The van der Waals surface area contributed by atoms with Crippen molar-refractivity contribution in [2.24, 2.45) is 0 Å². The quantitative estimate of drug-likeness (QED) is 0.346. The molecule has 0 atom stereocenters. The number of carbonyl (C=O) groups excluding carboxylic acids is 2. The van der Waals surface area contributed by atoms with E-state index in [1.165, 1.54) is 11.3 Å². The van der Waals surface area contributed by atoms with Crippen molar-refractivity contribution in [2.45, 2.75) is 13.0 Å². The van der Waals surface area contributed by atoms with E-state index >= 15 is 0 Å². The van der Waals surface area contributed by atoms with Gasteiger partial charge in [0.05, 0.1) is 25.0 Å². The Bertz CT molecular complexity index is 1340. The zero-order chi connectivity index (χ0) is 24.2. The van der Waals surface area contributed by atoms with E-state index in [2.05, 4.69) is 25.7 Å². The summed E-state index contributed by atoms with van der Waals surface area (Å²) in [6.45, 7) is 3.52. The number of carbonyl (C=O) groups is 2. The molecule has 1 fully saturated rings. The van der Waals surface area contributed by atoms with Gasteiger partial charge in [0.25, 0.3) is 5.91 Å². The van der Waals surface area contributed by atoms with Crippen LogP contribution >= 0.6 is 22.9 Å². The molecule has 1 aliphatic rings. The lowest BCUT2D eigenvalue weighted by Gasteiger charge is -2.28. The molecule has 3 N–H and O–H groups in total. The predicted octanol–water partition coefficient (Wildman–Crippen LogP) is 4.23. The predicted molar refractivity (Wildman–Crippen MR) is 138 cm³/mol. The molecule has 10 heteroatoms. The van der Waals surface area contributed by atoms with Gasteiger partial charge >= 0.3 is 0 Å². The van der Waals surface area contributed by atoms with E-state index in [1.807, 2.05) is 48.5 Å². The molecule has 3 heterocycles. The number of H-pyrrole nitrogens is 1. The molecule has 4 aromatic rings. The maximum Gasteiger partial charge on any atom is 0.256 e. The average molecular weight is 510 g/mol. The van der Waals surface area contributed by atoms with Gasteiger partial charge in [-0.2, -0.15) is 5.10 Å². The molecule has 0 bridgehead atoms. The van der Waals surface area contributed by atoms with Crippen LogP contribution < -0.4 is 15.5 Å². The number of nitrogens with one attached hydrogen (secondary N) is 3. The largest absolute Gasteiger partial charge is 0.378 e. The van der Waals surface area contributed by atoms with Crippen LogP contribution in [0.4, 0.5) is 11.5 Å². The van der Waals surface area contributed by atoms with E-state index in [0.29, 0.717) is 36.2 Å². The number of ether oxygens (including phenoxy) is 1. The monoisotopic (exact) mass is 509 g/mol. The van der Waals surface area contributed by atoms with Crippen molar-refractivity contribution in [3.8, 4) is 0 Å². The second-order valence-corrected chi connectivity index (χ2v) is 9.77. The van der Waals surface area contributed by atoms with E-state index in [1.54, 1.807) is 6.07 Å². The fourth-order valence-corrected chi connectivity index (χ4v) is 5.15. The number of rotatable bonds is 7. The van der Waals surface area contributed by atoms with Crippen molar-refractivity contribution < 1.29 is 14.3 Å². The summed E-state index contributed by atoms with van der Waals surface area (Å²) < 4.78 is 5.39. The Morgan fingerprint density at radius 1 is 1.11 bits per heavy atom. The summed E-state index contributed by atoms with van der Waals surface area (Å²) in [5.41, 5.74) is 2.57. The molecule has 0 saturated carbocycles. The Morgan fingerprint density at radius 2 is 1.91 bits per heavy atom. The first kappa shape index (κ1) is 23.3. The first-order chi connectivity index (χ1) is 17.0. The molecule has 0 aliphatic carbocycles. The molecule has 180 valence electrons. The molecular formula is C25H24ClN5O3S. The van der Waals surface area contributed by atoms with E-state index in [0.717, 1.165) is 39.4 Å². The number of amides is 2. The third kappa shape index (κ3) is 5.64. The third-order valence-corrected chi connectivity index (χ3v) is 7.02. The smallest absolute Gasteiger partial charge is 0.256 e. The van der Waals surface area contributed by atoms with Crippen LogP contribution in [0.15, 0.2) is 54.6 Å². The number of halogens is 1. The van der Waals surface area contributed by atoms with Crippen LogP contribution in [-0.4, -0.2) is 48.3 Å². The van der Waals surface area contributed by atoms with Crippen LogP contribution in [0.1, 0.15) is 20.8 Å². The minimum Gasteiger partial charge on any atom is -0.378 e. The lowest BCUT2D eigenvalue weighted by molar-refractivity contribution is -0.120. The standard InChI is InChI=1S/C25H24ClN5O3S/c26-18-3-1-2-16(12-18)15-27-22(32)14-20-13-21-23(29-30-25(21)35-20)28-24(33)17-4-6-19(7-5-17)31-8-10-34-11-9-31/h1-7,12-13H,8-11,14-15H2,(H,27,32)(H2,28,29,30,33). The van der Waals surface area contributed by atoms with Crippen LogP contribution in [0.25, 0.3) is 10.2 Å². The number of nitrogens with zero attached hydrogens (tertiary/aromatic N) is 2. The minimum atomic E-state index is -0.226. The van der Waals surface area contributed by atoms with Gasteiger partial charge in [0.2, 0.25) is 5.91 Å². The molecule has 2 aromatic heterocycles. The van der Waals surface area contributed by atoms with Gasteiger partial charge in [-0.3, -0.25) is 14.7 Å². The number of hydrogen-bond acceptors (Lipinski definition) is 6. The van der Waals surface area contributed by atoms with Gasteiger partial charge in [-0.15, -0.1) is 11.3 Å². The SMILES string of the molecule is O=C(Cc1cc2c(NC(=O)c3ccc(N4CCOCC4)cc3)[nH]nc2s1)NCc1cccc(Cl)c1. The molecule has 5 rings (SSSR count). The van der Waals surface area contributed by atoms with Crippen LogP contribution in [0.5, 0.6) is 0 Å². The lowest BCUT2D eigenvalue weighted by atomic mass is 10.1. The number of fused-ring (bicyclic) bond motifs is 1. The van der Waals surface area contributed by atoms with Gasteiger partial charge in [-0.05, 0) is 48.0 Å². The fraction of sp³-hybridized carbons (Fsp3) is 0.240.